The van der Waals surface area contributed by atoms with Gasteiger partial charge in [-0.25, -0.2) is 4.79 Å². The van der Waals surface area contributed by atoms with Crippen molar-refractivity contribution in [2.24, 2.45) is 17.8 Å². The van der Waals surface area contributed by atoms with Crippen molar-refractivity contribution in [2.45, 2.75) is 52.2 Å². The van der Waals surface area contributed by atoms with Gasteiger partial charge in [0.25, 0.3) is 0 Å². The van der Waals surface area contributed by atoms with Crippen LogP contribution in [-0.2, 0) is 20.9 Å². The van der Waals surface area contributed by atoms with E-state index in [1.165, 1.54) is 24.6 Å². The van der Waals surface area contributed by atoms with Gasteiger partial charge in [0, 0.05) is 42.1 Å². The molecule has 7 heteroatoms. The molecule has 1 saturated carbocycles. The SMILES string of the molecule is C[C@@H]1[C@H](C)CCC[C@H]1N1C[C@H](C(=O)OCc2cc(=O)oc3cc(O)ccc23)CC1=O. The molecule has 1 amide bonds. The lowest BCUT2D eigenvalue weighted by Gasteiger charge is -2.39. The number of nitrogens with zero attached hydrogens (tertiary/aromatic N) is 1. The summed E-state index contributed by atoms with van der Waals surface area (Å²) in [4.78, 5) is 38.9. The third kappa shape index (κ3) is 3.93. The molecular formula is C23H27NO6. The van der Waals surface area contributed by atoms with Crippen LogP contribution < -0.4 is 5.63 Å². The highest BCUT2D eigenvalue weighted by Gasteiger charge is 2.42. The number of carbonyl (C=O) groups is 2. The Morgan fingerprint density at radius 2 is 2.03 bits per heavy atom. The number of fused-ring (bicyclic) bond motifs is 1. The van der Waals surface area contributed by atoms with Crippen molar-refractivity contribution in [3.63, 3.8) is 0 Å². The maximum Gasteiger partial charge on any atom is 0.336 e. The molecule has 0 bridgehead atoms. The number of aromatic hydroxyl groups is 1. The molecule has 1 aliphatic carbocycles. The maximum atomic E-state index is 12.7. The van der Waals surface area contributed by atoms with Crippen molar-refractivity contribution in [2.75, 3.05) is 6.54 Å². The predicted molar refractivity (Wildman–Crippen MR) is 110 cm³/mol. The van der Waals surface area contributed by atoms with E-state index in [9.17, 15) is 19.5 Å². The van der Waals surface area contributed by atoms with Gasteiger partial charge in [-0.05, 0) is 30.4 Å². The van der Waals surface area contributed by atoms with E-state index in [0.717, 1.165) is 12.8 Å². The minimum absolute atomic E-state index is 0.0178. The highest BCUT2D eigenvalue weighted by molar-refractivity contribution is 5.87. The summed E-state index contributed by atoms with van der Waals surface area (Å²) in [6.07, 6.45) is 3.44. The lowest BCUT2D eigenvalue weighted by molar-refractivity contribution is -0.149. The van der Waals surface area contributed by atoms with Gasteiger partial charge in [-0.3, -0.25) is 9.59 Å². The summed E-state index contributed by atoms with van der Waals surface area (Å²) in [5.74, 6) is 0.0727. The lowest BCUT2D eigenvalue weighted by Crippen LogP contribution is -2.45. The van der Waals surface area contributed by atoms with Crippen LogP contribution >= 0.6 is 0 Å². The van der Waals surface area contributed by atoms with Gasteiger partial charge in [-0.2, -0.15) is 0 Å². The molecule has 30 heavy (non-hydrogen) atoms. The Labute approximate surface area is 174 Å². The second-order valence-electron chi connectivity index (χ2n) is 8.66. The average molecular weight is 413 g/mol. The molecule has 1 aromatic heterocycles. The average Bonchev–Trinajstić information content (AvgIpc) is 3.09. The minimum atomic E-state index is -0.582. The van der Waals surface area contributed by atoms with Crippen molar-refractivity contribution in [3.8, 4) is 5.75 Å². The van der Waals surface area contributed by atoms with Crippen molar-refractivity contribution in [3.05, 3.63) is 40.2 Å². The van der Waals surface area contributed by atoms with Gasteiger partial charge in [0.05, 0.1) is 5.92 Å². The summed E-state index contributed by atoms with van der Waals surface area (Å²) < 4.78 is 10.6. The predicted octanol–water partition coefficient (Wildman–Crippen LogP) is 3.22. The largest absolute Gasteiger partial charge is 0.508 e. The van der Waals surface area contributed by atoms with Gasteiger partial charge >= 0.3 is 11.6 Å². The van der Waals surface area contributed by atoms with Crippen LogP contribution in [0.1, 0.15) is 45.1 Å². The Morgan fingerprint density at radius 3 is 2.83 bits per heavy atom. The van der Waals surface area contributed by atoms with Gasteiger partial charge in [-0.15, -0.1) is 0 Å². The van der Waals surface area contributed by atoms with E-state index in [1.807, 2.05) is 4.90 Å². The zero-order valence-corrected chi connectivity index (χ0v) is 17.3. The molecule has 1 aromatic carbocycles. The number of amides is 1. The van der Waals surface area contributed by atoms with Gasteiger partial charge in [-0.1, -0.05) is 26.7 Å². The van der Waals surface area contributed by atoms with Gasteiger partial charge < -0.3 is 19.2 Å². The standard InChI is InChI=1S/C23H27NO6/c1-13-4-3-5-19(14(13)2)24-11-15(8-21(24)26)23(28)29-12-16-9-22(27)30-20-10-17(25)6-7-18(16)20/h6-7,9-10,13-15,19,25H,3-5,8,11-12H2,1-2H3/t13-,14-,15-,19-/m1/s1. The summed E-state index contributed by atoms with van der Waals surface area (Å²) in [6, 6.07) is 5.91. The van der Waals surface area contributed by atoms with E-state index in [-0.39, 0.29) is 36.3 Å². The Kier molecular flexibility index (Phi) is 5.54. The number of benzene rings is 1. The molecule has 0 spiro atoms. The summed E-state index contributed by atoms with van der Waals surface area (Å²) in [6.45, 7) is 4.72. The molecule has 2 heterocycles. The van der Waals surface area contributed by atoms with Crippen molar-refractivity contribution >= 4 is 22.8 Å². The van der Waals surface area contributed by atoms with Crippen molar-refractivity contribution in [1.29, 1.82) is 0 Å². The molecule has 2 aromatic rings. The number of ether oxygens (including phenoxy) is 1. The first-order chi connectivity index (χ1) is 14.3. The zero-order valence-electron chi connectivity index (χ0n) is 17.3. The molecule has 1 N–H and O–H groups in total. The van der Waals surface area contributed by atoms with Crippen LogP contribution in [0.4, 0.5) is 0 Å². The van der Waals surface area contributed by atoms with Crippen molar-refractivity contribution < 1.29 is 23.8 Å². The highest BCUT2D eigenvalue weighted by Crippen LogP contribution is 2.36. The van der Waals surface area contributed by atoms with Crippen LogP contribution in [0.25, 0.3) is 11.0 Å². The fourth-order valence-electron chi connectivity index (χ4n) is 4.81. The minimum Gasteiger partial charge on any atom is -0.508 e. The van der Waals surface area contributed by atoms with Gasteiger partial charge in [0.1, 0.15) is 17.9 Å². The number of esters is 1. The third-order valence-corrected chi connectivity index (χ3v) is 6.74. The van der Waals surface area contributed by atoms with Crippen LogP contribution in [0.2, 0.25) is 0 Å². The van der Waals surface area contributed by atoms with Crippen LogP contribution in [0.3, 0.4) is 0 Å². The lowest BCUT2D eigenvalue weighted by atomic mass is 9.77. The topological polar surface area (TPSA) is 97.1 Å². The van der Waals surface area contributed by atoms with Gasteiger partial charge in [0.2, 0.25) is 5.91 Å². The monoisotopic (exact) mass is 413 g/mol. The second kappa shape index (κ2) is 8.13. The number of likely N-dealkylation sites (tertiary alicyclic amines) is 1. The quantitative estimate of drug-likeness (QED) is 0.611. The highest BCUT2D eigenvalue weighted by atomic mass is 16.5. The molecule has 4 rings (SSSR count). The molecule has 0 unspecified atom stereocenters. The Hall–Kier alpha value is -2.83. The second-order valence-corrected chi connectivity index (χ2v) is 8.66. The number of phenolic OH excluding ortho intramolecular Hbond substituents is 1. The Morgan fingerprint density at radius 1 is 1.23 bits per heavy atom. The molecular weight excluding hydrogens is 386 g/mol. The Bertz CT molecular complexity index is 1030. The Balaban J connectivity index is 1.43. The molecule has 1 aliphatic heterocycles. The summed E-state index contributed by atoms with van der Waals surface area (Å²) in [7, 11) is 0. The van der Waals surface area contributed by atoms with Crippen LogP contribution in [0.5, 0.6) is 5.75 Å². The fraction of sp³-hybridized carbons (Fsp3) is 0.522. The number of phenols is 1. The number of rotatable bonds is 4. The summed E-state index contributed by atoms with van der Waals surface area (Å²) in [5.41, 5.74) is 0.156. The fourth-order valence-corrected chi connectivity index (χ4v) is 4.81. The first-order valence-corrected chi connectivity index (χ1v) is 10.6. The number of hydrogen-bond donors (Lipinski definition) is 1. The van der Waals surface area contributed by atoms with Crippen LogP contribution in [-0.4, -0.2) is 34.5 Å². The first kappa shape index (κ1) is 20.4. The van der Waals surface area contributed by atoms with E-state index < -0.39 is 17.5 Å². The van der Waals surface area contributed by atoms with Gasteiger partial charge in [0.15, 0.2) is 0 Å². The first-order valence-electron chi connectivity index (χ1n) is 10.6. The third-order valence-electron chi connectivity index (χ3n) is 6.74. The van der Waals surface area contributed by atoms with Crippen molar-refractivity contribution in [1.82, 2.24) is 4.90 Å². The van der Waals surface area contributed by atoms with E-state index in [1.54, 1.807) is 6.07 Å². The molecule has 1 saturated heterocycles. The molecule has 2 aliphatic rings. The maximum absolute atomic E-state index is 12.7. The van der Waals surface area contributed by atoms with E-state index in [4.69, 9.17) is 9.15 Å². The van der Waals surface area contributed by atoms with E-state index in [2.05, 4.69) is 13.8 Å². The molecule has 160 valence electrons. The number of hydrogen-bond acceptors (Lipinski definition) is 6. The summed E-state index contributed by atoms with van der Waals surface area (Å²) in [5, 5.41) is 10.2. The normalized spacial score (nSPS) is 26.9. The van der Waals surface area contributed by atoms with E-state index in [0.29, 0.717) is 29.3 Å². The molecule has 2 fully saturated rings. The zero-order chi connectivity index (χ0) is 21.4. The molecule has 4 atom stereocenters. The smallest absolute Gasteiger partial charge is 0.336 e. The number of carbonyl (C=O) groups excluding carboxylic acids is 2. The van der Waals surface area contributed by atoms with Crippen LogP contribution in [0, 0.1) is 17.8 Å². The van der Waals surface area contributed by atoms with E-state index >= 15 is 0 Å². The summed E-state index contributed by atoms with van der Waals surface area (Å²) >= 11 is 0. The molecule has 0 radical (unpaired) electrons. The van der Waals surface area contributed by atoms with Crippen LogP contribution in [0.15, 0.2) is 33.5 Å². The molecule has 7 nitrogen and oxygen atoms in total.